The quantitative estimate of drug-likeness (QED) is 0.826. The number of hydrogen-bond acceptors (Lipinski definition) is 2. The minimum absolute atomic E-state index is 0.0303. The number of hydrogen-bond donors (Lipinski definition) is 1. The fraction of sp³-hybridized carbons (Fsp3) is 0.0769. The van der Waals surface area contributed by atoms with Gasteiger partial charge in [0.2, 0.25) is 0 Å². The Hall–Kier alpha value is -1.33. The zero-order valence-electron chi connectivity index (χ0n) is 9.59. The van der Waals surface area contributed by atoms with Gasteiger partial charge in [-0.1, -0.05) is 17.7 Å². The number of rotatable bonds is 3. The van der Waals surface area contributed by atoms with E-state index >= 15 is 0 Å². The summed E-state index contributed by atoms with van der Waals surface area (Å²) in [6.45, 7) is -0.0303. The number of ether oxygens (including phenoxy) is 1. The Labute approximate surface area is 122 Å². The zero-order valence-corrected chi connectivity index (χ0v) is 11.9. The first-order chi connectivity index (χ1) is 8.97. The molecule has 6 heteroatoms. The minimum atomic E-state index is -0.477. The van der Waals surface area contributed by atoms with Crippen molar-refractivity contribution in [2.24, 2.45) is 0 Å². The Morgan fingerprint density at radius 3 is 2.58 bits per heavy atom. The van der Waals surface area contributed by atoms with Crippen LogP contribution in [0, 0.1) is 11.6 Å². The fourth-order valence-corrected chi connectivity index (χ4v) is 2.24. The number of benzene rings is 2. The lowest BCUT2D eigenvalue weighted by atomic mass is 10.2. The van der Waals surface area contributed by atoms with E-state index in [4.69, 9.17) is 22.1 Å². The van der Waals surface area contributed by atoms with Gasteiger partial charge in [0.25, 0.3) is 0 Å². The summed E-state index contributed by atoms with van der Waals surface area (Å²) in [5, 5.41) is 0.309. The Kier molecular flexibility index (Phi) is 4.27. The molecule has 0 aliphatic heterocycles. The van der Waals surface area contributed by atoms with E-state index in [1.54, 1.807) is 6.07 Å². The third-order valence-electron chi connectivity index (χ3n) is 2.42. The maximum atomic E-state index is 13.6. The smallest absolute Gasteiger partial charge is 0.157 e. The van der Waals surface area contributed by atoms with E-state index in [-0.39, 0.29) is 18.0 Å². The molecule has 100 valence electrons. The van der Waals surface area contributed by atoms with Crippen LogP contribution in [0.15, 0.2) is 34.8 Å². The molecule has 2 N–H and O–H groups in total. The standard InChI is InChI=1S/C13H9BrClF2NO/c14-10-4-9(16)5-12(18)13(10)19-6-7-1-2-8(15)3-11(7)17/h1-5H,6,18H2. The molecule has 19 heavy (non-hydrogen) atoms. The summed E-state index contributed by atoms with van der Waals surface area (Å²) in [6.07, 6.45) is 0. The molecule has 2 aromatic rings. The molecule has 0 aromatic heterocycles. The first kappa shape index (κ1) is 14.1. The molecule has 0 saturated heterocycles. The summed E-state index contributed by atoms with van der Waals surface area (Å²) < 4.78 is 32.4. The van der Waals surface area contributed by atoms with Crippen LogP contribution >= 0.6 is 27.5 Å². The molecule has 0 atom stereocenters. The van der Waals surface area contributed by atoms with Crippen molar-refractivity contribution in [2.45, 2.75) is 6.61 Å². The molecule has 0 heterocycles. The van der Waals surface area contributed by atoms with E-state index in [1.807, 2.05) is 0 Å². The van der Waals surface area contributed by atoms with Gasteiger partial charge in [0.1, 0.15) is 18.2 Å². The van der Waals surface area contributed by atoms with Crippen molar-refractivity contribution >= 4 is 33.2 Å². The van der Waals surface area contributed by atoms with E-state index in [0.29, 0.717) is 15.1 Å². The predicted molar refractivity (Wildman–Crippen MR) is 74.3 cm³/mol. The second-order valence-electron chi connectivity index (χ2n) is 3.83. The van der Waals surface area contributed by atoms with E-state index in [9.17, 15) is 8.78 Å². The topological polar surface area (TPSA) is 35.2 Å². The van der Waals surface area contributed by atoms with Crippen molar-refractivity contribution in [3.8, 4) is 5.75 Å². The third-order valence-corrected chi connectivity index (χ3v) is 3.25. The summed E-state index contributed by atoms with van der Waals surface area (Å²) in [7, 11) is 0. The predicted octanol–water partition coefficient (Wildman–Crippen LogP) is 4.54. The van der Waals surface area contributed by atoms with E-state index < -0.39 is 11.6 Å². The normalized spacial score (nSPS) is 10.5. The summed E-state index contributed by atoms with van der Waals surface area (Å²) in [6, 6.07) is 6.64. The molecular weight excluding hydrogens is 340 g/mol. The second-order valence-corrected chi connectivity index (χ2v) is 5.12. The first-order valence-electron chi connectivity index (χ1n) is 5.28. The van der Waals surface area contributed by atoms with E-state index in [1.165, 1.54) is 18.2 Å². The molecule has 0 aliphatic carbocycles. The van der Waals surface area contributed by atoms with Gasteiger partial charge in [-0.05, 0) is 34.1 Å². The molecule has 0 amide bonds. The van der Waals surface area contributed by atoms with Gasteiger partial charge >= 0.3 is 0 Å². The van der Waals surface area contributed by atoms with Gasteiger partial charge in [0, 0.05) is 16.7 Å². The highest BCUT2D eigenvalue weighted by Crippen LogP contribution is 2.33. The largest absolute Gasteiger partial charge is 0.485 e. The molecule has 0 spiro atoms. The van der Waals surface area contributed by atoms with Crippen molar-refractivity contribution in [2.75, 3.05) is 5.73 Å². The van der Waals surface area contributed by atoms with Crippen LogP contribution in [-0.2, 0) is 6.61 Å². The second kappa shape index (κ2) is 5.75. The third kappa shape index (κ3) is 3.36. The Morgan fingerprint density at radius 2 is 1.95 bits per heavy atom. The minimum Gasteiger partial charge on any atom is -0.485 e. The number of nitrogens with two attached hydrogens (primary N) is 1. The van der Waals surface area contributed by atoms with Crippen LogP contribution in [-0.4, -0.2) is 0 Å². The van der Waals surface area contributed by atoms with Crippen LogP contribution in [0.5, 0.6) is 5.75 Å². The molecular formula is C13H9BrClF2NO. The fourth-order valence-electron chi connectivity index (χ4n) is 1.52. The molecule has 2 nitrogen and oxygen atoms in total. The molecule has 0 bridgehead atoms. The van der Waals surface area contributed by atoms with Crippen LogP contribution in [0.25, 0.3) is 0 Å². The van der Waals surface area contributed by atoms with Gasteiger partial charge in [-0.25, -0.2) is 8.78 Å². The van der Waals surface area contributed by atoms with Crippen LogP contribution in [0.1, 0.15) is 5.56 Å². The molecule has 0 aliphatic rings. The average Bonchev–Trinajstić information content (AvgIpc) is 2.30. The number of halogens is 4. The summed E-state index contributed by atoms with van der Waals surface area (Å²) in [5.74, 6) is -0.672. The molecule has 2 rings (SSSR count). The van der Waals surface area contributed by atoms with Crippen LogP contribution in [0.4, 0.5) is 14.5 Å². The summed E-state index contributed by atoms with van der Waals surface area (Å²) in [5.41, 5.74) is 6.11. The van der Waals surface area contributed by atoms with Crippen molar-refractivity contribution in [1.82, 2.24) is 0 Å². The highest BCUT2D eigenvalue weighted by atomic mass is 79.9. The van der Waals surface area contributed by atoms with Crippen LogP contribution in [0.2, 0.25) is 5.02 Å². The van der Waals surface area contributed by atoms with E-state index in [2.05, 4.69) is 15.9 Å². The molecule has 0 radical (unpaired) electrons. The highest BCUT2D eigenvalue weighted by molar-refractivity contribution is 9.10. The summed E-state index contributed by atoms with van der Waals surface area (Å²) >= 11 is 8.79. The lowest BCUT2D eigenvalue weighted by Crippen LogP contribution is -2.02. The van der Waals surface area contributed by atoms with Gasteiger partial charge in [0.15, 0.2) is 5.75 Å². The van der Waals surface area contributed by atoms with Crippen molar-refractivity contribution in [3.63, 3.8) is 0 Å². The van der Waals surface area contributed by atoms with Crippen molar-refractivity contribution < 1.29 is 13.5 Å². The lowest BCUT2D eigenvalue weighted by molar-refractivity contribution is 0.299. The van der Waals surface area contributed by atoms with Gasteiger partial charge in [0.05, 0.1) is 10.2 Å². The Bertz CT molecular complexity index is 599. The van der Waals surface area contributed by atoms with Gasteiger partial charge in [-0.3, -0.25) is 0 Å². The molecule has 0 saturated carbocycles. The van der Waals surface area contributed by atoms with Crippen molar-refractivity contribution in [3.05, 3.63) is 57.0 Å². The number of anilines is 1. The SMILES string of the molecule is Nc1cc(F)cc(Br)c1OCc1ccc(Cl)cc1F. The summed E-state index contributed by atoms with van der Waals surface area (Å²) in [4.78, 5) is 0. The average molecular weight is 349 g/mol. The van der Waals surface area contributed by atoms with Crippen molar-refractivity contribution in [1.29, 1.82) is 0 Å². The number of nitrogen functional groups attached to an aromatic ring is 1. The maximum absolute atomic E-state index is 13.6. The molecule has 2 aromatic carbocycles. The van der Waals surface area contributed by atoms with Gasteiger partial charge in [-0.2, -0.15) is 0 Å². The van der Waals surface area contributed by atoms with Crippen LogP contribution < -0.4 is 10.5 Å². The Balaban J connectivity index is 2.19. The monoisotopic (exact) mass is 347 g/mol. The molecule has 0 fully saturated rings. The first-order valence-corrected chi connectivity index (χ1v) is 6.45. The highest BCUT2D eigenvalue weighted by Gasteiger charge is 2.10. The Morgan fingerprint density at radius 1 is 1.21 bits per heavy atom. The van der Waals surface area contributed by atoms with Gasteiger partial charge < -0.3 is 10.5 Å². The van der Waals surface area contributed by atoms with Gasteiger partial charge in [-0.15, -0.1) is 0 Å². The van der Waals surface area contributed by atoms with E-state index in [0.717, 1.165) is 6.07 Å². The van der Waals surface area contributed by atoms with Crippen LogP contribution in [0.3, 0.4) is 0 Å². The lowest BCUT2D eigenvalue weighted by Gasteiger charge is -2.11. The zero-order chi connectivity index (χ0) is 14.0. The molecule has 0 unspecified atom stereocenters. The maximum Gasteiger partial charge on any atom is 0.157 e.